The van der Waals surface area contributed by atoms with Crippen molar-refractivity contribution in [3.8, 4) is 28.7 Å². The zero-order valence-electron chi connectivity index (χ0n) is 18.6. The predicted octanol–water partition coefficient (Wildman–Crippen LogP) is 5.58. The molecule has 0 aromatic heterocycles. The van der Waals surface area contributed by atoms with E-state index in [9.17, 15) is 0 Å². The average Bonchev–Trinajstić information content (AvgIpc) is 2.85. The molecule has 0 atom stereocenters. The van der Waals surface area contributed by atoms with Gasteiger partial charge in [0.25, 0.3) is 0 Å². The van der Waals surface area contributed by atoms with E-state index in [1.807, 2.05) is 60.7 Å². The SMILES string of the molecule is COCOc1c(OC)ccc2ccc3c(OC)c(OC)c(OCc4ccccc4)cc3c12. The lowest BCUT2D eigenvalue weighted by atomic mass is 9.99. The minimum absolute atomic E-state index is 0.0938. The molecule has 0 bridgehead atoms. The Balaban J connectivity index is 1.96. The molecule has 4 aromatic rings. The molecule has 166 valence electrons. The maximum Gasteiger partial charge on any atom is 0.203 e. The van der Waals surface area contributed by atoms with Crippen LogP contribution in [0.25, 0.3) is 21.5 Å². The molecule has 0 spiro atoms. The third-order valence-corrected chi connectivity index (χ3v) is 5.28. The molecule has 0 radical (unpaired) electrons. The highest BCUT2D eigenvalue weighted by Gasteiger charge is 2.21. The van der Waals surface area contributed by atoms with Crippen LogP contribution in [0.15, 0.2) is 60.7 Å². The Morgan fingerprint density at radius 3 is 2.06 bits per heavy atom. The second-order valence-electron chi connectivity index (χ2n) is 7.12. The largest absolute Gasteiger partial charge is 0.493 e. The zero-order chi connectivity index (χ0) is 22.5. The molecule has 4 rings (SSSR count). The van der Waals surface area contributed by atoms with Gasteiger partial charge >= 0.3 is 0 Å². The molecule has 0 aliphatic heterocycles. The highest BCUT2D eigenvalue weighted by atomic mass is 16.7. The van der Waals surface area contributed by atoms with E-state index in [0.29, 0.717) is 35.4 Å². The lowest BCUT2D eigenvalue weighted by molar-refractivity contribution is 0.0504. The monoisotopic (exact) mass is 434 g/mol. The molecule has 6 nitrogen and oxygen atoms in total. The van der Waals surface area contributed by atoms with Crippen LogP contribution in [-0.2, 0) is 11.3 Å². The summed E-state index contributed by atoms with van der Waals surface area (Å²) in [4.78, 5) is 0. The standard InChI is InChI=1S/C26H26O6/c1-27-16-32-25-21(28-2)13-11-18-10-12-19-20(23(18)25)14-22(26(30-4)24(19)29-3)31-15-17-8-6-5-7-9-17/h5-14H,15-16H2,1-4H3. The van der Waals surface area contributed by atoms with Crippen molar-refractivity contribution in [1.29, 1.82) is 0 Å². The van der Waals surface area contributed by atoms with Gasteiger partial charge in [-0.2, -0.15) is 0 Å². The second kappa shape index (κ2) is 9.66. The highest BCUT2D eigenvalue weighted by Crippen LogP contribution is 2.48. The molecular formula is C26H26O6. The molecule has 0 fully saturated rings. The molecule has 0 aliphatic rings. The molecule has 0 saturated carbocycles. The van der Waals surface area contributed by atoms with Crippen molar-refractivity contribution in [2.24, 2.45) is 0 Å². The number of rotatable bonds is 9. The van der Waals surface area contributed by atoms with Crippen LogP contribution in [0.2, 0.25) is 0 Å². The van der Waals surface area contributed by atoms with Crippen LogP contribution < -0.4 is 23.7 Å². The smallest absolute Gasteiger partial charge is 0.203 e. The predicted molar refractivity (Wildman–Crippen MR) is 124 cm³/mol. The molecule has 0 unspecified atom stereocenters. The summed E-state index contributed by atoms with van der Waals surface area (Å²) in [7, 11) is 6.43. The fourth-order valence-corrected chi connectivity index (χ4v) is 3.83. The van der Waals surface area contributed by atoms with E-state index in [0.717, 1.165) is 27.1 Å². The van der Waals surface area contributed by atoms with Crippen LogP contribution in [0.3, 0.4) is 0 Å². The third kappa shape index (κ3) is 3.97. The van der Waals surface area contributed by atoms with Crippen molar-refractivity contribution in [3.05, 3.63) is 66.2 Å². The summed E-state index contributed by atoms with van der Waals surface area (Å²) in [5.74, 6) is 2.92. The first-order valence-electron chi connectivity index (χ1n) is 10.2. The summed E-state index contributed by atoms with van der Waals surface area (Å²) >= 11 is 0. The zero-order valence-corrected chi connectivity index (χ0v) is 18.6. The van der Waals surface area contributed by atoms with Gasteiger partial charge in [-0.05, 0) is 29.1 Å². The summed E-state index contributed by atoms with van der Waals surface area (Å²) in [6, 6.07) is 19.8. The molecule has 0 N–H and O–H groups in total. The number of ether oxygens (including phenoxy) is 6. The van der Waals surface area contributed by atoms with E-state index in [1.54, 1.807) is 28.4 Å². The van der Waals surface area contributed by atoms with Crippen LogP contribution in [0.4, 0.5) is 0 Å². The first-order chi connectivity index (χ1) is 15.7. The number of hydrogen-bond acceptors (Lipinski definition) is 6. The highest BCUT2D eigenvalue weighted by molar-refractivity contribution is 6.14. The first kappa shape index (κ1) is 21.6. The number of hydrogen-bond donors (Lipinski definition) is 0. The maximum atomic E-state index is 6.19. The Labute approximate surface area is 187 Å². The molecule has 4 aromatic carbocycles. The van der Waals surface area contributed by atoms with Crippen molar-refractivity contribution in [2.75, 3.05) is 35.2 Å². The quantitative estimate of drug-likeness (QED) is 0.253. The molecular weight excluding hydrogens is 408 g/mol. The van der Waals surface area contributed by atoms with Crippen LogP contribution in [-0.4, -0.2) is 35.2 Å². The van der Waals surface area contributed by atoms with E-state index in [1.165, 1.54) is 0 Å². The Bertz CT molecular complexity index is 1220. The first-order valence-corrected chi connectivity index (χ1v) is 10.2. The summed E-state index contributed by atoms with van der Waals surface area (Å²) in [5, 5.41) is 3.64. The number of benzene rings is 4. The lowest BCUT2D eigenvalue weighted by Crippen LogP contribution is -2.03. The Morgan fingerprint density at radius 1 is 0.625 bits per heavy atom. The fourth-order valence-electron chi connectivity index (χ4n) is 3.83. The van der Waals surface area contributed by atoms with Gasteiger partial charge in [0.15, 0.2) is 29.8 Å². The van der Waals surface area contributed by atoms with Gasteiger partial charge in [-0.1, -0.05) is 42.5 Å². The molecule has 0 heterocycles. The van der Waals surface area contributed by atoms with E-state index < -0.39 is 0 Å². The van der Waals surface area contributed by atoms with Crippen LogP contribution in [0, 0.1) is 0 Å². The van der Waals surface area contributed by atoms with Crippen molar-refractivity contribution in [3.63, 3.8) is 0 Å². The minimum atomic E-state index is 0.0938. The van der Waals surface area contributed by atoms with Gasteiger partial charge in [0.05, 0.1) is 21.3 Å². The molecule has 32 heavy (non-hydrogen) atoms. The fraction of sp³-hybridized carbons (Fsp3) is 0.231. The van der Waals surface area contributed by atoms with Crippen LogP contribution in [0.1, 0.15) is 5.56 Å². The molecule has 0 aliphatic carbocycles. The van der Waals surface area contributed by atoms with Gasteiger partial charge in [0, 0.05) is 23.3 Å². The minimum Gasteiger partial charge on any atom is -0.493 e. The van der Waals surface area contributed by atoms with Crippen molar-refractivity contribution >= 4 is 21.5 Å². The Hall–Kier alpha value is -3.64. The van der Waals surface area contributed by atoms with E-state index >= 15 is 0 Å². The van der Waals surface area contributed by atoms with E-state index in [4.69, 9.17) is 28.4 Å². The number of methoxy groups -OCH3 is 4. The summed E-state index contributed by atoms with van der Waals surface area (Å²) < 4.78 is 34.3. The van der Waals surface area contributed by atoms with Crippen molar-refractivity contribution in [2.45, 2.75) is 6.61 Å². The van der Waals surface area contributed by atoms with Crippen LogP contribution in [0.5, 0.6) is 28.7 Å². The summed E-state index contributed by atoms with van der Waals surface area (Å²) in [6.07, 6.45) is 0. The lowest BCUT2D eigenvalue weighted by Gasteiger charge is -2.19. The Kier molecular flexibility index (Phi) is 6.52. The van der Waals surface area contributed by atoms with E-state index in [2.05, 4.69) is 0 Å². The normalized spacial score (nSPS) is 10.9. The van der Waals surface area contributed by atoms with Crippen LogP contribution >= 0.6 is 0 Å². The number of fused-ring (bicyclic) bond motifs is 3. The molecule has 0 saturated heterocycles. The van der Waals surface area contributed by atoms with Crippen molar-refractivity contribution in [1.82, 2.24) is 0 Å². The van der Waals surface area contributed by atoms with Crippen molar-refractivity contribution < 1.29 is 28.4 Å². The molecule has 0 amide bonds. The van der Waals surface area contributed by atoms with Gasteiger partial charge in [0.1, 0.15) is 6.61 Å². The maximum absolute atomic E-state index is 6.19. The summed E-state index contributed by atoms with van der Waals surface area (Å²) in [6.45, 7) is 0.490. The third-order valence-electron chi connectivity index (χ3n) is 5.28. The van der Waals surface area contributed by atoms with Gasteiger partial charge < -0.3 is 28.4 Å². The van der Waals surface area contributed by atoms with Gasteiger partial charge in [-0.15, -0.1) is 0 Å². The Morgan fingerprint density at radius 2 is 1.38 bits per heavy atom. The average molecular weight is 434 g/mol. The summed E-state index contributed by atoms with van der Waals surface area (Å²) in [5.41, 5.74) is 1.05. The molecule has 6 heteroatoms. The topological polar surface area (TPSA) is 55.4 Å². The van der Waals surface area contributed by atoms with Gasteiger partial charge in [0.2, 0.25) is 5.75 Å². The second-order valence-corrected chi connectivity index (χ2v) is 7.12. The van der Waals surface area contributed by atoms with E-state index in [-0.39, 0.29) is 6.79 Å². The van der Waals surface area contributed by atoms with Gasteiger partial charge in [-0.25, -0.2) is 0 Å². The van der Waals surface area contributed by atoms with Gasteiger partial charge in [-0.3, -0.25) is 0 Å².